The fourth-order valence-corrected chi connectivity index (χ4v) is 10.0. The van der Waals surface area contributed by atoms with Crippen LogP contribution in [0.1, 0.15) is 93.4 Å². The SMILES string of the molecule is CC1(C)CC[C@]2(C(=O)O)CC[C@]3(C)[C@H](C(=O)C=C4[C@@]5(C)C=C(C#N)C(=O)C(C)(C)[C@H]5CC[C@]43C)[C@H]2C1. The van der Waals surface area contributed by atoms with Crippen LogP contribution in [0.4, 0.5) is 0 Å². The van der Waals surface area contributed by atoms with Gasteiger partial charge in [-0.25, -0.2) is 0 Å². The molecule has 5 rings (SSSR count). The Bertz CT molecular complexity index is 1180. The molecular weight excluding hydrogens is 450 g/mol. The van der Waals surface area contributed by atoms with E-state index in [2.05, 4.69) is 40.7 Å². The number of aliphatic carboxylic acids is 1. The second-order valence-electron chi connectivity index (χ2n) is 14.7. The number of hydrogen-bond acceptors (Lipinski definition) is 4. The van der Waals surface area contributed by atoms with Gasteiger partial charge in [0.1, 0.15) is 6.07 Å². The molecule has 3 fully saturated rings. The van der Waals surface area contributed by atoms with E-state index in [9.17, 15) is 24.8 Å². The summed E-state index contributed by atoms with van der Waals surface area (Å²) in [7, 11) is 0. The zero-order chi connectivity index (χ0) is 26.7. The van der Waals surface area contributed by atoms with E-state index in [1.807, 2.05) is 26.0 Å². The van der Waals surface area contributed by atoms with Crippen molar-refractivity contribution in [1.82, 2.24) is 0 Å². The lowest BCUT2D eigenvalue weighted by Gasteiger charge is -2.68. The molecule has 0 heterocycles. The number of ketones is 2. The van der Waals surface area contributed by atoms with Crippen molar-refractivity contribution < 1.29 is 19.5 Å². The molecule has 0 amide bonds. The molecule has 5 aliphatic rings. The van der Waals surface area contributed by atoms with Crippen LogP contribution in [0.15, 0.2) is 23.3 Å². The highest BCUT2D eigenvalue weighted by Crippen LogP contribution is 2.74. The normalized spacial score (nSPS) is 46.7. The van der Waals surface area contributed by atoms with Crippen LogP contribution in [0.3, 0.4) is 0 Å². The molecule has 0 unspecified atom stereocenters. The molecule has 1 N–H and O–H groups in total. The lowest BCUT2D eigenvalue weighted by Crippen LogP contribution is -2.65. The number of carboxylic acid groups (broad SMARTS) is 1. The van der Waals surface area contributed by atoms with Gasteiger partial charge in [0.25, 0.3) is 0 Å². The van der Waals surface area contributed by atoms with Gasteiger partial charge in [-0.1, -0.05) is 60.1 Å². The van der Waals surface area contributed by atoms with E-state index in [0.29, 0.717) is 19.3 Å². The van der Waals surface area contributed by atoms with E-state index in [1.165, 1.54) is 0 Å². The fourth-order valence-electron chi connectivity index (χ4n) is 10.0. The summed E-state index contributed by atoms with van der Waals surface area (Å²) in [6, 6.07) is 2.15. The lowest BCUT2D eigenvalue weighted by molar-refractivity contribution is -0.188. The number of allylic oxidation sites excluding steroid dienone is 4. The van der Waals surface area contributed by atoms with Gasteiger partial charge < -0.3 is 5.11 Å². The van der Waals surface area contributed by atoms with Gasteiger partial charge in [-0.2, -0.15) is 5.26 Å². The maximum absolute atomic E-state index is 14.2. The molecule has 0 aliphatic heterocycles. The third kappa shape index (κ3) is 2.85. The summed E-state index contributed by atoms with van der Waals surface area (Å²) in [5.41, 5.74) is -1.49. The Morgan fingerprint density at radius 2 is 1.64 bits per heavy atom. The molecule has 7 atom stereocenters. The quantitative estimate of drug-likeness (QED) is 0.465. The zero-order valence-corrected chi connectivity index (χ0v) is 23.0. The number of hydrogen-bond donors (Lipinski definition) is 1. The van der Waals surface area contributed by atoms with Gasteiger partial charge in [-0.3, -0.25) is 14.4 Å². The molecule has 0 bridgehead atoms. The van der Waals surface area contributed by atoms with Crippen molar-refractivity contribution in [2.24, 2.45) is 50.2 Å². The number of rotatable bonds is 1. The Morgan fingerprint density at radius 3 is 2.25 bits per heavy atom. The first-order valence-electron chi connectivity index (χ1n) is 13.7. The first kappa shape index (κ1) is 25.4. The van der Waals surface area contributed by atoms with Crippen LogP contribution in [0.25, 0.3) is 0 Å². The molecule has 0 saturated heterocycles. The minimum absolute atomic E-state index is 0.00880. The predicted octanol–water partition coefficient (Wildman–Crippen LogP) is 6.29. The summed E-state index contributed by atoms with van der Waals surface area (Å²) >= 11 is 0. The monoisotopic (exact) mass is 491 g/mol. The van der Waals surface area contributed by atoms with Gasteiger partial charge >= 0.3 is 5.97 Å². The molecule has 0 aromatic rings. The first-order chi connectivity index (χ1) is 16.5. The van der Waals surface area contributed by atoms with E-state index < -0.39 is 22.2 Å². The van der Waals surface area contributed by atoms with Crippen LogP contribution in [0.5, 0.6) is 0 Å². The van der Waals surface area contributed by atoms with Gasteiger partial charge in [-0.05, 0) is 79.1 Å². The van der Waals surface area contributed by atoms with Crippen molar-refractivity contribution in [3.05, 3.63) is 23.3 Å². The Labute approximate surface area is 215 Å². The maximum Gasteiger partial charge on any atom is 0.309 e. The second kappa shape index (κ2) is 7.21. The standard InChI is InChI=1S/C31H41NO4/c1-26(2)10-12-31(25(35)36)13-11-30(7)23(19(31)16-26)20(33)14-22-28(5)15-18(17-32)24(34)27(3,4)21(28)8-9-29(22,30)6/h14-15,19,21,23H,8-13,16H2,1-7H3,(H,35,36)/t19-,21-,23+,28+,29-,30-,31+/m1/s1. The van der Waals surface area contributed by atoms with Crippen LogP contribution in [-0.2, 0) is 14.4 Å². The largest absolute Gasteiger partial charge is 0.481 e. The average molecular weight is 492 g/mol. The average Bonchev–Trinajstić information content (AvgIpc) is 2.77. The summed E-state index contributed by atoms with van der Waals surface area (Å²) in [4.78, 5) is 40.2. The molecular formula is C31H41NO4. The molecule has 0 aromatic carbocycles. The molecule has 0 aromatic heterocycles. The van der Waals surface area contributed by atoms with Gasteiger partial charge in [0.15, 0.2) is 11.6 Å². The van der Waals surface area contributed by atoms with Crippen molar-refractivity contribution in [1.29, 1.82) is 5.26 Å². The number of nitrogens with zero attached hydrogens (tertiary/aromatic N) is 1. The minimum atomic E-state index is -0.828. The van der Waals surface area contributed by atoms with Gasteiger partial charge in [0.05, 0.1) is 11.0 Å². The highest BCUT2D eigenvalue weighted by molar-refractivity contribution is 6.04. The predicted molar refractivity (Wildman–Crippen MR) is 137 cm³/mol. The Kier molecular flexibility index (Phi) is 5.09. The lowest BCUT2D eigenvalue weighted by atomic mass is 9.34. The van der Waals surface area contributed by atoms with Crippen molar-refractivity contribution in [3.8, 4) is 6.07 Å². The van der Waals surface area contributed by atoms with Gasteiger partial charge in [-0.15, -0.1) is 0 Å². The summed E-state index contributed by atoms with van der Waals surface area (Å²) in [5, 5.41) is 20.3. The Morgan fingerprint density at radius 1 is 1.00 bits per heavy atom. The van der Waals surface area contributed by atoms with Crippen molar-refractivity contribution in [2.75, 3.05) is 0 Å². The van der Waals surface area contributed by atoms with Crippen LogP contribution in [0, 0.1) is 61.6 Å². The van der Waals surface area contributed by atoms with Crippen LogP contribution >= 0.6 is 0 Å². The minimum Gasteiger partial charge on any atom is -0.481 e. The molecule has 0 radical (unpaired) electrons. The van der Waals surface area contributed by atoms with Crippen LogP contribution in [0.2, 0.25) is 0 Å². The van der Waals surface area contributed by atoms with Gasteiger partial charge in [0.2, 0.25) is 0 Å². The number of fused-ring (bicyclic) bond motifs is 7. The van der Waals surface area contributed by atoms with Crippen molar-refractivity contribution >= 4 is 17.5 Å². The number of Topliss-reactive ketones (excluding diaryl/α,β-unsaturated/α-hetero) is 1. The summed E-state index contributed by atoms with van der Waals surface area (Å²) in [6.45, 7) is 15.0. The molecule has 5 nitrogen and oxygen atoms in total. The smallest absolute Gasteiger partial charge is 0.309 e. The Hall–Kier alpha value is -2.22. The van der Waals surface area contributed by atoms with Crippen molar-refractivity contribution in [3.63, 3.8) is 0 Å². The second-order valence-corrected chi connectivity index (χ2v) is 14.7. The third-order valence-electron chi connectivity index (χ3n) is 12.3. The first-order valence-corrected chi connectivity index (χ1v) is 13.7. The molecule has 36 heavy (non-hydrogen) atoms. The van der Waals surface area contributed by atoms with E-state index in [1.54, 1.807) is 0 Å². The summed E-state index contributed by atoms with van der Waals surface area (Å²) in [6.07, 6.45) is 8.98. The summed E-state index contributed by atoms with van der Waals surface area (Å²) in [5.74, 6) is -1.27. The third-order valence-corrected chi connectivity index (χ3v) is 12.3. The van der Waals surface area contributed by atoms with Gasteiger partial charge in [0, 0.05) is 16.7 Å². The maximum atomic E-state index is 14.2. The Balaban J connectivity index is 1.71. The van der Waals surface area contributed by atoms with Crippen LogP contribution in [-0.4, -0.2) is 22.6 Å². The van der Waals surface area contributed by atoms with Crippen molar-refractivity contribution in [2.45, 2.75) is 93.4 Å². The summed E-state index contributed by atoms with van der Waals surface area (Å²) < 4.78 is 0. The molecule has 194 valence electrons. The number of carboxylic acids is 1. The number of carbonyl (C=O) groups is 3. The number of nitriles is 1. The van der Waals surface area contributed by atoms with E-state index in [4.69, 9.17) is 0 Å². The van der Waals surface area contributed by atoms with E-state index in [-0.39, 0.29) is 51.1 Å². The van der Waals surface area contributed by atoms with E-state index >= 15 is 0 Å². The van der Waals surface area contributed by atoms with Crippen LogP contribution < -0.4 is 0 Å². The highest BCUT2D eigenvalue weighted by atomic mass is 16.4. The zero-order valence-electron chi connectivity index (χ0n) is 23.0. The molecule has 0 spiro atoms. The molecule has 5 heteroatoms. The van der Waals surface area contributed by atoms with E-state index in [0.717, 1.165) is 31.3 Å². The highest BCUT2D eigenvalue weighted by Gasteiger charge is 2.70. The fraction of sp³-hybridized carbons (Fsp3) is 0.742. The topological polar surface area (TPSA) is 95.2 Å². The molecule has 5 aliphatic carbocycles. The number of carbonyl (C=O) groups excluding carboxylic acids is 2. The molecule has 3 saturated carbocycles.